The topological polar surface area (TPSA) is 59.1 Å². The lowest BCUT2D eigenvalue weighted by Crippen LogP contribution is -2.53. The van der Waals surface area contributed by atoms with Crippen LogP contribution in [-0.2, 0) is 9.53 Å². The van der Waals surface area contributed by atoms with Gasteiger partial charge in [0.05, 0.1) is 6.61 Å². The van der Waals surface area contributed by atoms with Gasteiger partial charge in [-0.2, -0.15) is 0 Å². The molecule has 0 N–H and O–H groups in total. The van der Waals surface area contributed by atoms with Gasteiger partial charge in [-0.1, -0.05) is 17.7 Å². The number of amides is 2. The average Bonchev–Trinajstić information content (AvgIpc) is 2.57. The molecule has 1 aromatic rings. The van der Waals surface area contributed by atoms with E-state index in [9.17, 15) is 9.59 Å². The Kier molecular flexibility index (Phi) is 6.06. The minimum Gasteiger partial charge on any atom is -0.481 e. The summed E-state index contributed by atoms with van der Waals surface area (Å²) in [6.07, 6.45) is -0.871. The zero-order chi connectivity index (χ0) is 17.7. The highest BCUT2D eigenvalue weighted by molar-refractivity contribution is 5.81. The first kappa shape index (κ1) is 18.1. The largest absolute Gasteiger partial charge is 0.481 e. The van der Waals surface area contributed by atoms with Gasteiger partial charge >= 0.3 is 6.09 Å². The van der Waals surface area contributed by atoms with E-state index in [0.717, 1.165) is 16.9 Å². The van der Waals surface area contributed by atoms with E-state index < -0.39 is 6.10 Å². The summed E-state index contributed by atoms with van der Waals surface area (Å²) < 4.78 is 10.8. The second-order valence-corrected chi connectivity index (χ2v) is 6.04. The fraction of sp³-hybridized carbons (Fsp3) is 0.556. The van der Waals surface area contributed by atoms with Gasteiger partial charge in [0.25, 0.3) is 5.91 Å². The van der Waals surface area contributed by atoms with Gasteiger partial charge in [0.2, 0.25) is 0 Å². The number of benzene rings is 1. The lowest BCUT2D eigenvalue weighted by atomic mass is 10.1. The molecule has 2 rings (SSSR count). The molecule has 0 bridgehead atoms. The number of nitrogens with zero attached hydrogens (tertiary/aromatic N) is 2. The maximum atomic E-state index is 12.5. The molecule has 1 fully saturated rings. The van der Waals surface area contributed by atoms with Gasteiger partial charge in [-0.05, 0) is 39.3 Å². The second-order valence-electron chi connectivity index (χ2n) is 6.04. The molecule has 1 saturated heterocycles. The Morgan fingerprint density at radius 3 is 2.33 bits per heavy atom. The first-order valence-corrected chi connectivity index (χ1v) is 8.36. The van der Waals surface area contributed by atoms with Crippen LogP contribution in [0.3, 0.4) is 0 Å². The highest BCUT2D eigenvalue weighted by Gasteiger charge is 2.28. The van der Waals surface area contributed by atoms with Crippen molar-refractivity contribution in [1.29, 1.82) is 0 Å². The molecule has 24 heavy (non-hydrogen) atoms. The van der Waals surface area contributed by atoms with Crippen LogP contribution in [0, 0.1) is 13.8 Å². The van der Waals surface area contributed by atoms with E-state index in [2.05, 4.69) is 0 Å². The highest BCUT2D eigenvalue weighted by Crippen LogP contribution is 2.20. The molecule has 1 unspecified atom stereocenters. The van der Waals surface area contributed by atoms with Crippen LogP contribution in [-0.4, -0.2) is 60.7 Å². The maximum Gasteiger partial charge on any atom is 0.409 e. The fourth-order valence-corrected chi connectivity index (χ4v) is 2.75. The van der Waals surface area contributed by atoms with Crippen LogP contribution in [0.4, 0.5) is 4.79 Å². The zero-order valence-electron chi connectivity index (χ0n) is 14.9. The minimum atomic E-state index is -0.555. The van der Waals surface area contributed by atoms with Crippen LogP contribution in [0.25, 0.3) is 0 Å². The summed E-state index contributed by atoms with van der Waals surface area (Å²) >= 11 is 0. The number of piperazine rings is 1. The number of hydrogen-bond donors (Lipinski definition) is 0. The third kappa shape index (κ3) is 4.40. The summed E-state index contributed by atoms with van der Waals surface area (Å²) in [6.45, 7) is 9.87. The van der Waals surface area contributed by atoms with Crippen LogP contribution < -0.4 is 4.74 Å². The molecule has 6 heteroatoms. The molecule has 2 amide bonds. The monoisotopic (exact) mass is 334 g/mol. The first-order valence-electron chi connectivity index (χ1n) is 8.36. The van der Waals surface area contributed by atoms with Crippen molar-refractivity contribution in [3.63, 3.8) is 0 Å². The number of rotatable bonds is 4. The Morgan fingerprint density at radius 1 is 1.12 bits per heavy atom. The number of carbonyl (C=O) groups excluding carboxylic acids is 2. The van der Waals surface area contributed by atoms with E-state index in [4.69, 9.17) is 9.47 Å². The molecule has 0 radical (unpaired) electrons. The molecule has 1 aliphatic rings. The average molecular weight is 334 g/mol. The van der Waals surface area contributed by atoms with Crippen molar-refractivity contribution in [1.82, 2.24) is 9.80 Å². The lowest BCUT2D eigenvalue weighted by molar-refractivity contribution is -0.139. The molecule has 1 heterocycles. The van der Waals surface area contributed by atoms with Crippen LogP contribution in [0.1, 0.15) is 25.0 Å². The van der Waals surface area contributed by atoms with Crippen LogP contribution in [0.2, 0.25) is 0 Å². The Morgan fingerprint density at radius 2 is 1.75 bits per heavy atom. The maximum absolute atomic E-state index is 12.5. The SMILES string of the molecule is CCOC(=O)N1CCN(C(=O)C(C)Oc2ccc(C)cc2C)CC1. The number of carbonyl (C=O) groups is 2. The highest BCUT2D eigenvalue weighted by atomic mass is 16.6. The van der Waals surface area contributed by atoms with Gasteiger partial charge in [-0.25, -0.2) is 4.79 Å². The van der Waals surface area contributed by atoms with Gasteiger partial charge in [-0.3, -0.25) is 4.79 Å². The normalized spacial score (nSPS) is 15.8. The molecule has 1 aliphatic heterocycles. The lowest BCUT2D eigenvalue weighted by Gasteiger charge is -2.35. The molecule has 6 nitrogen and oxygen atoms in total. The minimum absolute atomic E-state index is 0.0570. The Balaban J connectivity index is 1.89. The zero-order valence-corrected chi connectivity index (χ0v) is 14.9. The van der Waals surface area contributed by atoms with E-state index in [1.165, 1.54) is 0 Å². The van der Waals surface area contributed by atoms with Gasteiger partial charge in [0.15, 0.2) is 6.10 Å². The molecule has 0 spiro atoms. The smallest absolute Gasteiger partial charge is 0.409 e. The summed E-state index contributed by atoms with van der Waals surface area (Å²) in [5.74, 6) is 0.671. The number of ether oxygens (including phenoxy) is 2. The van der Waals surface area contributed by atoms with Crippen LogP contribution in [0.5, 0.6) is 5.75 Å². The van der Waals surface area contributed by atoms with E-state index in [-0.39, 0.29) is 12.0 Å². The Labute approximate surface area is 143 Å². The summed E-state index contributed by atoms with van der Waals surface area (Å²) in [6, 6.07) is 5.90. The fourth-order valence-electron chi connectivity index (χ4n) is 2.75. The molecule has 0 aliphatic carbocycles. The van der Waals surface area contributed by atoms with Crippen molar-refractivity contribution in [2.75, 3.05) is 32.8 Å². The predicted molar refractivity (Wildman–Crippen MR) is 91.2 cm³/mol. The van der Waals surface area contributed by atoms with Gasteiger partial charge in [-0.15, -0.1) is 0 Å². The van der Waals surface area contributed by atoms with Crippen molar-refractivity contribution >= 4 is 12.0 Å². The molecule has 132 valence electrons. The number of hydrogen-bond acceptors (Lipinski definition) is 4. The van der Waals surface area contributed by atoms with Gasteiger partial charge in [0, 0.05) is 26.2 Å². The van der Waals surface area contributed by atoms with Gasteiger partial charge < -0.3 is 19.3 Å². The Hall–Kier alpha value is -2.24. The summed E-state index contributed by atoms with van der Waals surface area (Å²) in [7, 11) is 0. The van der Waals surface area contributed by atoms with E-state index >= 15 is 0 Å². The summed E-state index contributed by atoms with van der Waals surface area (Å²) in [5.41, 5.74) is 2.18. The van der Waals surface area contributed by atoms with Crippen molar-refractivity contribution in [2.24, 2.45) is 0 Å². The summed E-state index contributed by atoms with van der Waals surface area (Å²) in [4.78, 5) is 27.6. The van der Waals surface area contributed by atoms with Crippen molar-refractivity contribution in [2.45, 2.75) is 33.8 Å². The predicted octanol–water partition coefficient (Wildman–Crippen LogP) is 2.37. The standard InChI is InChI=1S/C18H26N2O4/c1-5-23-18(22)20-10-8-19(9-11-20)17(21)15(4)24-16-7-6-13(2)12-14(16)3/h6-7,12,15H,5,8-11H2,1-4H3. The molecule has 1 aromatic carbocycles. The number of aryl methyl sites for hydroxylation is 2. The van der Waals surface area contributed by atoms with Crippen LogP contribution >= 0.6 is 0 Å². The van der Waals surface area contributed by atoms with Crippen molar-refractivity contribution < 1.29 is 19.1 Å². The summed E-state index contributed by atoms with van der Waals surface area (Å²) in [5, 5.41) is 0. The van der Waals surface area contributed by atoms with E-state index in [1.54, 1.807) is 23.6 Å². The third-order valence-corrected chi connectivity index (χ3v) is 4.10. The molecule has 0 saturated carbocycles. The van der Waals surface area contributed by atoms with Crippen molar-refractivity contribution in [3.05, 3.63) is 29.3 Å². The molecule has 1 atom stereocenters. The van der Waals surface area contributed by atoms with E-state index in [1.807, 2.05) is 32.0 Å². The first-order chi connectivity index (χ1) is 11.4. The Bertz CT molecular complexity index is 595. The second kappa shape index (κ2) is 8.04. The van der Waals surface area contributed by atoms with Crippen LogP contribution in [0.15, 0.2) is 18.2 Å². The molecular formula is C18H26N2O4. The third-order valence-electron chi connectivity index (χ3n) is 4.10. The van der Waals surface area contributed by atoms with E-state index in [0.29, 0.717) is 32.8 Å². The molecular weight excluding hydrogens is 308 g/mol. The van der Waals surface area contributed by atoms with Gasteiger partial charge in [0.1, 0.15) is 5.75 Å². The molecule has 0 aromatic heterocycles. The quantitative estimate of drug-likeness (QED) is 0.848. The van der Waals surface area contributed by atoms with Crippen molar-refractivity contribution in [3.8, 4) is 5.75 Å².